The molecule has 132 valence electrons. The summed E-state index contributed by atoms with van der Waals surface area (Å²) in [6.07, 6.45) is 1.39. The van der Waals surface area contributed by atoms with E-state index in [4.69, 9.17) is 14.2 Å². The van der Waals surface area contributed by atoms with Crippen LogP contribution in [0.5, 0.6) is 5.75 Å². The van der Waals surface area contributed by atoms with E-state index in [9.17, 15) is 9.59 Å². The van der Waals surface area contributed by atoms with Crippen LogP contribution in [0.15, 0.2) is 24.3 Å². The molecule has 1 aliphatic rings. The molecule has 1 aromatic rings. The summed E-state index contributed by atoms with van der Waals surface area (Å²) in [7, 11) is 1.36. The largest absolute Gasteiger partial charge is 0.491 e. The molecule has 2 rings (SSSR count). The normalized spacial score (nSPS) is 15.3. The maximum Gasteiger partial charge on any atom is 0.408 e. The molecule has 1 fully saturated rings. The van der Waals surface area contributed by atoms with E-state index in [0.717, 1.165) is 18.4 Å². The predicted molar refractivity (Wildman–Crippen MR) is 89.0 cm³/mol. The van der Waals surface area contributed by atoms with Gasteiger partial charge in [0.15, 0.2) is 0 Å². The van der Waals surface area contributed by atoms with Gasteiger partial charge in [-0.2, -0.15) is 0 Å². The summed E-state index contributed by atoms with van der Waals surface area (Å²) in [5, 5.41) is 2.89. The fraction of sp³-hybridized carbons (Fsp3) is 0.556. The second kappa shape index (κ2) is 7.11. The van der Waals surface area contributed by atoms with Gasteiger partial charge in [0, 0.05) is 5.56 Å². The van der Waals surface area contributed by atoms with Gasteiger partial charge in [0.1, 0.15) is 18.0 Å². The Morgan fingerprint density at radius 3 is 2.46 bits per heavy atom. The predicted octanol–water partition coefficient (Wildman–Crippen LogP) is 2.84. The van der Waals surface area contributed by atoms with Crippen LogP contribution in [0.2, 0.25) is 0 Å². The van der Waals surface area contributed by atoms with Gasteiger partial charge in [-0.1, -0.05) is 18.2 Å². The van der Waals surface area contributed by atoms with Crippen molar-refractivity contribution < 1.29 is 23.8 Å². The number of benzene rings is 1. The molecule has 1 aromatic carbocycles. The van der Waals surface area contributed by atoms with Gasteiger partial charge < -0.3 is 19.5 Å². The van der Waals surface area contributed by atoms with Gasteiger partial charge in [-0.3, -0.25) is 4.79 Å². The van der Waals surface area contributed by atoms with Crippen LogP contribution in [0.25, 0.3) is 0 Å². The average molecular weight is 335 g/mol. The Bertz CT molecular complexity index is 602. The zero-order valence-electron chi connectivity index (χ0n) is 14.7. The van der Waals surface area contributed by atoms with Gasteiger partial charge in [0.2, 0.25) is 0 Å². The van der Waals surface area contributed by atoms with Gasteiger partial charge >= 0.3 is 12.1 Å². The molecule has 0 spiro atoms. The van der Waals surface area contributed by atoms with Crippen LogP contribution in [0.3, 0.4) is 0 Å². The number of ether oxygens (including phenoxy) is 3. The molecule has 0 radical (unpaired) electrons. The maximum atomic E-state index is 11.9. The quantitative estimate of drug-likeness (QED) is 0.809. The van der Waals surface area contributed by atoms with Crippen molar-refractivity contribution in [3.05, 3.63) is 29.8 Å². The van der Waals surface area contributed by atoms with Crippen molar-refractivity contribution in [1.29, 1.82) is 0 Å². The third-order valence-corrected chi connectivity index (χ3v) is 3.66. The molecule has 0 bridgehead atoms. The fourth-order valence-corrected chi connectivity index (χ4v) is 2.21. The van der Waals surface area contributed by atoms with Crippen molar-refractivity contribution in [2.75, 3.05) is 13.7 Å². The monoisotopic (exact) mass is 335 g/mol. The van der Waals surface area contributed by atoms with Crippen LogP contribution in [0.4, 0.5) is 4.79 Å². The Kier molecular flexibility index (Phi) is 5.36. The van der Waals surface area contributed by atoms with Crippen molar-refractivity contribution in [3.63, 3.8) is 0 Å². The Morgan fingerprint density at radius 1 is 1.21 bits per heavy atom. The Morgan fingerprint density at radius 2 is 1.88 bits per heavy atom. The number of carbonyl (C=O) groups excluding carboxylic acids is 2. The topological polar surface area (TPSA) is 73.9 Å². The SMILES string of the molecule is COC(=O)Cc1ccccc1OCC1(NC(=O)OC(C)(C)C)CC1. The van der Waals surface area contributed by atoms with Crippen molar-refractivity contribution in [2.24, 2.45) is 0 Å². The average Bonchev–Trinajstić information content (AvgIpc) is 3.24. The van der Waals surface area contributed by atoms with Crippen molar-refractivity contribution in [1.82, 2.24) is 5.32 Å². The minimum Gasteiger partial charge on any atom is -0.491 e. The molecule has 0 heterocycles. The third-order valence-electron chi connectivity index (χ3n) is 3.66. The van der Waals surface area contributed by atoms with Gasteiger partial charge in [-0.15, -0.1) is 0 Å². The third kappa shape index (κ3) is 5.44. The molecule has 0 unspecified atom stereocenters. The molecule has 24 heavy (non-hydrogen) atoms. The lowest BCUT2D eigenvalue weighted by Crippen LogP contribution is -2.44. The van der Waals surface area contributed by atoms with Crippen LogP contribution in [0, 0.1) is 0 Å². The number of hydrogen-bond donors (Lipinski definition) is 1. The molecule has 1 saturated carbocycles. The van der Waals surface area contributed by atoms with Gasteiger partial charge in [0.05, 0.1) is 19.1 Å². The minimum absolute atomic E-state index is 0.152. The van der Waals surface area contributed by atoms with Gasteiger partial charge in [-0.25, -0.2) is 4.79 Å². The summed E-state index contributed by atoms with van der Waals surface area (Å²) in [4.78, 5) is 23.4. The summed E-state index contributed by atoms with van der Waals surface area (Å²) < 4.78 is 15.9. The molecule has 0 atom stereocenters. The molecule has 1 aliphatic carbocycles. The number of alkyl carbamates (subject to hydrolysis) is 1. The highest BCUT2D eigenvalue weighted by atomic mass is 16.6. The van der Waals surface area contributed by atoms with Crippen LogP contribution in [-0.4, -0.2) is 36.9 Å². The van der Waals surface area contributed by atoms with Gasteiger partial charge in [0.25, 0.3) is 0 Å². The maximum absolute atomic E-state index is 11.9. The van der Waals surface area contributed by atoms with Crippen LogP contribution in [-0.2, 0) is 20.7 Å². The summed E-state index contributed by atoms with van der Waals surface area (Å²) in [5.74, 6) is 0.305. The Labute approximate surface area is 142 Å². The van der Waals surface area contributed by atoms with Crippen molar-refractivity contribution in [2.45, 2.75) is 51.2 Å². The second-order valence-electron chi connectivity index (χ2n) is 7.06. The number of nitrogens with one attached hydrogen (secondary N) is 1. The van der Waals surface area contributed by atoms with E-state index in [1.807, 2.05) is 45.0 Å². The number of para-hydroxylation sites is 1. The molecule has 1 N–H and O–H groups in total. The molecule has 6 nitrogen and oxygen atoms in total. The van der Waals surface area contributed by atoms with E-state index in [1.54, 1.807) is 0 Å². The number of rotatable bonds is 6. The Hall–Kier alpha value is -2.24. The zero-order valence-corrected chi connectivity index (χ0v) is 14.7. The van der Waals surface area contributed by atoms with Crippen LogP contribution in [0.1, 0.15) is 39.2 Å². The fourth-order valence-electron chi connectivity index (χ4n) is 2.21. The summed E-state index contributed by atoms with van der Waals surface area (Å²) >= 11 is 0. The number of methoxy groups -OCH3 is 1. The van der Waals surface area contributed by atoms with E-state index >= 15 is 0 Å². The van der Waals surface area contributed by atoms with Crippen LogP contribution < -0.4 is 10.1 Å². The van der Waals surface area contributed by atoms with E-state index in [1.165, 1.54) is 7.11 Å². The number of esters is 1. The van der Waals surface area contributed by atoms with Crippen molar-refractivity contribution >= 4 is 12.1 Å². The lowest BCUT2D eigenvalue weighted by atomic mass is 10.1. The number of carbonyl (C=O) groups is 2. The second-order valence-corrected chi connectivity index (χ2v) is 7.06. The highest BCUT2D eigenvalue weighted by Crippen LogP contribution is 2.36. The first-order valence-electron chi connectivity index (χ1n) is 8.02. The number of hydrogen-bond acceptors (Lipinski definition) is 5. The lowest BCUT2D eigenvalue weighted by Gasteiger charge is -2.24. The van der Waals surface area contributed by atoms with E-state index in [0.29, 0.717) is 12.4 Å². The summed E-state index contributed by atoms with van der Waals surface area (Å²) in [6, 6.07) is 7.32. The first-order valence-corrected chi connectivity index (χ1v) is 8.02. The van der Waals surface area contributed by atoms with Crippen LogP contribution >= 0.6 is 0 Å². The van der Waals surface area contributed by atoms with E-state index in [2.05, 4.69) is 5.32 Å². The molecular weight excluding hydrogens is 310 g/mol. The van der Waals surface area contributed by atoms with Crippen molar-refractivity contribution in [3.8, 4) is 5.75 Å². The first kappa shape index (κ1) is 18.1. The van der Waals surface area contributed by atoms with Gasteiger partial charge in [-0.05, 0) is 39.7 Å². The molecule has 0 saturated heterocycles. The molecule has 0 aliphatic heterocycles. The minimum atomic E-state index is -0.534. The molecular formula is C18H25NO5. The zero-order chi connectivity index (χ0) is 17.8. The highest BCUT2D eigenvalue weighted by molar-refractivity contribution is 5.73. The smallest absolute Gasteiger partial charge is 0.408 e. The Balaban J connectivity index is 1.93. The summed E-state index contributed by atoms with van der Waals surface area (Å²) in [5.41, 5.74) is -0.160. The molecule has 0 aromatic heterocycles. The molecule has 6 heteroatoms. The molecule has 1 amide bonds. The lowest BCUT2D eigenvalue weighted by molar-refractivity contribution is -0.139. The van der Waals surface area contributed by atoms with E-state index in [-0.39, 0.29) is 17.9 Å². The summed E-state index contributed by atoms with van der Waals surface area (Å²) in [6.45, 7) is 5.81. The van der Waals surface area contributed by atoms with E-state index < -0.39 is 11.7 Å². The first-order chi connectivity index (χ1) is 11.2. The highest BCUT2D eigenvalue weighted by Gasteiger charge is 2.46. The standard InChI is InChI=1S/C18H25NO5/c1-17(2,3)24-16(21)19-18(9-10-18)12-23-14-8-6-5-7-13(14)11-15(20)22-4/h5-8H,9-12H2,1-4H3,(H,19,21). The number of amides is 1.